The van der Waals surface area contributed by atoms with Gasteiger partial charge in [-0.3, -0.25) is 0 Å². The number of rotatable bonds is 4. The van der Waals surface area contributed by atoms with Gasteiger partial charge in [-0.2, -0.15) is 5.10 Å². The summed E-state index contributed by atoms with van der Waals surface area (Å²) in [5, 5.41) is 5.17. The highest BCUT2D eigenvalue weighted by Crippen LogP contribution is 2.44. The molecule has 1 aromatic carbocycles. The lowest BCUT2D eigenvalue weighted by atomic mass is 9.82. The van der Waals surface area contributed by atoms with Crippen LogP contribution in [0.1, 0.15) is 41.9 Å². The van der Waals surface area contributed by atoms with E-state index >= 15 is 0 Å². The van der Waals surface area contributed by atoms with Gasteiger partial charge >= 0.3 is 0 Å². The Labute approximate surface area is 197 Å². The SMILES string of the molecule is Cc1cc(N2C[C@H]3CC[C@@H](C2)C3Cc2nc3n(n2)CCO[C@H]3c2cc(F)cc(Cl)c2)ncn1. The second-order valence-electron chi connectivity index (χ2n) is 9.45. The molecule has 0 spiro atoms. The van der Waals surface area contributed by atoms with Crippen LogP contribution in [-0.4, -0.2) is 44.4 Å². The first-order chi connectivity index (χ1) is 16.0. The van der Waals surface area contributed by atoms with Crippen molar-refractivity contribution in [2.24, 2.45) is 17.8 Å². The van der Waals surface area contributed by atoms with E-state index in [0.29, 0.717) is 41.5 Å². The van der Waals surface area contributed by atoms with Crippen molar-refractivity contribution in [1.82, 2.24) is 24.7 Å². The maximum absolute atomic E-state index is 13.9. The molecule has 3 aliphatic rings. The van der Waals surface area contributed by atoms with Gasteiger partial charge in [-0.25, -0.2) is 24.0 Å². The predicted octanol–water partition coefficient (Wildman–Crippen LogP) is 3.99. The van der Waals surface area contributed by atoms with Crippen LogP contribution in [0.25, 0.3) is 0 Å². The second kappa shape index (κ2) is 8.33. The molecule has 33 heavy (non-hydrogen) atoms. The Bertz CT molecular complexity index is 1150. The summed E-state index contributed by atoms with van der Waals surface area (Å²) in [6.45, 7) is 5.20. The molecule has 6 rings (SSSR count). The maximum Gasteiger partial charge on any atom is 0.161 e. The average Bonchev–Trinajstić information content (AvgIpc) is 3.29. The molecular weight excluding hydrogens is 443 g/mol. The summed E-state index contributed by atoms with van der Waals surface area (Å²) in [5.41, 5.74) is 1.67. The van der Waals surface area contributed by atoms with E-state index in [1.165, 1.54) is 25.0 Å². The highest BCUT2D eigenvalue weighted by atomic mass is 35.5. The van der Waals surface area contributed by atoms with Gasteiger partial charge in [-0.1, -0.05) is 11.6 Å². The standard InChI is InChI=1S/C24H26ClFN6O/c1-14-6-22(28-13-27-14)31-11-15-2-3-16(12-31)20(15)10-21-29-24-23(33-5-4-32(24)30-21)17-7-18(25)9-19(26)8-17/h6-9,13,15-16,20,23H,2-5,10-12H2,1H3/t15-,16+,20?,23-/m0/s1. The number of anilines is 1. The van der Waals surface area contributed by atoms with Crippen LogP contribution < -0.4 is 4.90 Å². The van der Waals surface area contributed by atoms with E-state index in [2.05, 4.69) is 20.9 Å². The highest BCUT2D eigenvalue weighted by Gasteiger charge is 2.43. The van der Waals surface area contributed by atoms with E-state index in [0.717, 1.165) is 42.7 Å². The molecule has 9 heteroatoms. The largest absolute Gasteiger partial charge is 0.364 e. The smallest absolute Gasteiger partial charge is 0.161 e. The highest BCUT2D eigenvalue weighted by molar-refractivity contribution is 6.30. The van der Waals surface area contributed by atoms with E-state index in [1.54, 1.807) is 12.4 Å². The molecule has 2 aliphatic heterocycles. The molecule has 0 N–H and O–H groups in total. The first kappa shape index (κ1) is 21.0. The fraction of sp³-hybridized carbons (Fsp3) is 0.500. The number of aromatic nitrogens is 5. The zero-order valence-corrected chi connectivity index (χ0v) is 19.2. The van der Waals surface area contributed by atoms with Crippen LogP contribution in [0.4, 0.5) is 10.2 Å². The molecule has 3 aromatic rings. The molecule has 4 heterocycles. The second-order valence-corrected chi connectivity index (χ2v) is 9.89. The van der Waals surface area contributed by atoms with Crippen LogP contribution in [0.3, 0.4) is 0 Å². The number of nitrogens with zero attached hydrogens (tertiary/aromatic N) is 6. The zero-order chi connectivity index (χ0) is 22.5. The Morgan fingerprint density at radius 3 is 2.70 bits per heavy atom. The molecule has 2 fully saturated rings. The molecule has 2 bridgehead atoms. The molecule has 172 valence electrons. The van der Waals surface area contributed by atoms with Gasteiger partial charge in [-0.15, -0.1) is 0 Å². The van der Waals surface area contributed by atoms with Crippen LogP contribution in [0.2, 0.25) is 5.02 Å². The van der Waals surface area contributed by atoms with Crippen molar-refractivity contribution in [3.05, 3.63) is 64.3 Å². The molecule has 1 aliphatic carbocycles. The fourth-order valence-electron chi connectivity index (χ4n) is 5.83. The Kier molecular flexibility index (Phi) is 5.30. The zero-order valence-electron chi connectivity index (χ0n) is 18.5. The van der Waals surface area contributed by atoms with E-state index in [9.17, 15) is 4.39 Å². The van der Waals surface area contributed by atoms with Crippen molar-refractivity contribution in [1.29, 1.82) is 0 Å². The van der Waals surface area contributed by atoms with Gasteiger partial charge in [0.05, 0.1) is 13.2 Å². The third-order valence-electron chi connectivity index (χ3n) is 7.31. The van der Waals surface area contributed by atoms with Gasteiger partial charge in [0.25, 0.3) is 0 Å². The van der Waals surface area contributed by atoms with Gasteiger partial charge in [0, 0.05) is 36.3 Å². The van der Waals surface area contributed by atoms with Gasteiger partial charge < -0.3 is 9.64 Å². The summed E-state index contributed by atoms with van der Waals surface area (Å²) < 4.78 is 21.8. The van der Waals surface area contributed by atoms with Gasteiger partial charge in [-0.05, 0) is 61.3 Å². The van der Waals surface area contributed by atoms with Crippen LogP contribution in [0, 0.1) is 30.5 Å². The summed E-state index contributed by atoms with van der Waals surface area (Å²) in [4.78, 5) is 16.0. The molecule has 4 atom stereocenters. The minimum atomic E-state index is -0.451. The van der Waals surface area contributed by atoms with Crippen molar-refractivity contribution in [3.8, 4) is 0 Å². The lowest BCUT2D eigenvalue weighted by Crippen LogP contribution is -2.43. The summed E-state index contributed by atoms with van der Waals surface area (Å²) in [6.07, 6.45) is 4.53. The number of ether oxygens (including phenoxy) is 1. The number of halogens is 2. The first-order valence-corrected chi connectivity index (χ1v) is 12.0. The van der Waals surface area contributed by atoms with Crippen LogP contribution in [0.5, 0.6) is 0 Å². The molecule has 1 unspecified atom stereocenters. The summed E-state index contributed by atoms with van der Waals surface area (Å²) in [5.74, 6) is 4.02. The van der Waals surface area contributed by atoms with Crippen molar-refractivity contribution < 1.29 is 9.13 Å². The van der Waals surface area contributed by atoms with Gasteiger partial charge in [0.1, 0.15) is 24.1 Å². The molecule has 7 nitrogen and oxygen atoms in total. The molecule has 2 aromatic heterocycles. The van der Waals surface area contributed by atoms with Crippen molar-refractivity contribution in [2.45, 2.75) is 38.8 Å². The quantitative estimate of drug-likeness (QED) is 0.576. The predicted molar refractivity (Wildman–Crippen MR) is 122 cm³/mol. The lowest BCUT2D eigenvalue weighted by Gasteiger charge is -2.38. The number of fused-ring (bicyclic) bond motifs is 3. The maximum atomic E-state index is 13.9. The number of piperidine rings is 1. The minimum absolute atomic E-state index is 0.354. The van der Waals surface area contributed by atoms with Gasteiger partial charge in [0.15, 0.2) is 11.6 Å². The monoisotopic (exact) mass is 468 g/mol. The van der Waals surface area contributed by atoms with Crippen molar-refractivity contribution >= 4 is 17.4 Å². The third kappa shape index (κ3) is 3.99. The Hall–Kier alpha value is -2.58. The van der Waals surface area contributed by atoms with Crippen LogP contribution in [-0.2, 0) is 17.7 Å². The Balaban J connectivity index is 1.21. The van der Waals surface area contributed by atoms with Gasteiger partial charge in [0.2, 0.25) is 0 Å². The van der Waals surface area contributed by atoms with E-state index in [-0.39, 0.29) is 5.82 Å². The summed E-state index contributed by atoms with van der Waals surface area (Å²) in [6, 6.07) is 6.58. The third-order valence-corrected chi connectivity index (χ3v) is 7.53. The van der Waals surface area contributed by atoms with Crippen molar-refractivity contribution in [3.63, 3.8) is 0 Å². The van der Waals surface area contributed by atoms with Crippen molar-refractivity contribution in [2.75, 3.05) is 24.6 Å². The van der Waals surface area contributed by atoms with E-state index in [1.807, 2.05) is 11.6 Å². The lowest BCUT2D eigenvalue weighted by molar-refractivity contribution is 0.0388. The topological polar surface area (TPSA) is 69.0 Å². The van der Waals surface area contributed by atoms with Crippen LogP contribution >= 0.6 is 11.6 Å². The van der Waals surface area contributed by atoms with E-state index in [4.69, 9.17) is 26.4 Å². The molecule has 1 saturated carbocycles. The first-order valence-electron chi connectivity index (χ1n) is 11.6. The van der Waals surface area contributed by atoms with E-state index < -0.39 is 6.10 Å². The van der Waals surface area contributed by atoms with Crippen LogP contribution in [0.15, 0.2) is 30.6 Å². The molecule has 0 radical (unpaired) electrons. The molecule has 0 amide bonds. The number of hydrogen-bond acceptors (Lipinski definition) is 6. The molecule has 1 saturated heterocycles. The summed E-state index contributed by atoms with van der Waals surface area (Å²) >= 11 is 6.08. The Morgan fingerprint density at radius 1 is 1.12 bits per heavy atom. The number of aryl methyl sites for hydroxylation is 1. The normalized spacial score (nSPS) is 26.5. The fourth-order valence-corrected chi connectivity index (χ4v) is 6.06. The number of benzene rings is 1. The summed E-state index contributed by atoms with van der Waals surface area (Å²) in [7, 11) is 0. The molecular formula is C24H26ClFN6O. The average molecular weight is 469 g/mol. The number of hydrogen-bond donors (Lipinski definition) is 0. The minimum Gasteiger partial charge on any atom is -0.364 e. The Morgan fingerprint density at radius 2 is 1.94 bits per heavy atom.